The van der Waals surface area contributed by atoms with Crippen molar-refractivity contribution < 1.29 is 4.74 Å². The van der Waals surface area contributed by atoms with Crippen LogP contribution in [0.15, 0.2) is 24.8 Å². The quantitative estimate of drug-likeness (QED) is 0.588. The molecule has 0 N–H and O–H groups in total. The molecule has 1 rings (SSSR count). The van der Waals surface area contributed by atoms with Crippen molar-refractivity contribution in [3.63, 3.8) is 0 Å². The summed E-state index contributed by atoms with van der Waals surface area (Å²) >= 11 is 0. The average Bonchev–Trinajstić information content (AvgIpc) is 2.14. The molecular formula is C10H17NO. The fraction of sp³-hybridized carbons (Fsp3) is 0.600. The molecule has 1 fully saturated rings. The monoisotopic (exact) mass is 167 g/mol. The molecule has 1 heterocycles. The Morgan fingerprint density at radius 1 is 1.25 bits per heavy atom. The van der Waals surface area contributed by atoms with E-state index < -0.39 is 0 Å². The Hall–Kier alpha value is -0.600. The number of hydrogen-bond acceptors (Lipinski definition) is 2. The predicted octanol–water partition coefficient (Wildman–Crippen LogP) is 1.45. The molecule has 0 saturated carbocycles. The van der Waals surface area contributed by atoms with Crippen LogP contribution in [0.25, 0.3) is 0 Å². The van der Waals surface area contributed by atoms with E-state index in [9.17, 15) is 0 Å². The van der Waals surface area contributed by atoms with Gasteiger partial charge in [-0.2, -0.15) is 0 Å². The van der Waals surface area contributed by atoms with Crippen LogP contribution < -0.4 is 0 Å². The molecule has 2 heteroatoms. The van der Waals surface area contributed by atoms with Gasteiger partial charge in [0.1, 0.15) is 0 Å². The van der Waals surface area contributed by atoms with Crippen LogP contribution in [-0.2, 0) is 4.74 Å². The van der Waals surface area contributed by atoms with Gasteiger partial charge in [0.25, 0.3) is 0 Å². The largest absolute Gasteiger partial charge is 0.379 e. The second kappa shape index (κ2) is 5.98. The average molecular weight is 167 g/mol. The number of morpholine rings is 1. The summed E-state index contributed by atoms with van der Waals surface area (Å²) in [6, 6.07) is 0. The number of ether oxygens (including phenoxy) is 1. The number of allylic oxidation sites excluding steroid dienone is 2. The lowest BCUT2D eigenvalue weighted by Crippen LogP contribution is -2.36. The molecule has 0 atom stereocenters. The van der Waals surface area contributed by atoms with Gasteiger partial charge in [0, 0.05) is 19.6 Å². The molecule has 0 spiro atoms. The van der Waals surface area contributed by atoms with Gasteiger partial charge in [0.2, 0.25) is 0 Å². The molecule has 2 nitrogen and oxygen atoms in total. The SMILES string of the molecule is C=CC/C=C/CN1CCOCC1. The standard InChI is InChI=1S/C10H17NO/c1-2-3-4-5-6-11-7-9-12-10-8-11/h2,4-5H,1,3,6-10H2/b5-4+. The minimum Gasteiger partial charge on any atom is -0.379 e. The highest BCUT2D eigenvalue weighted by atomic mass is 16.5. The predicted molar refractivity (Wildman–Crippen MR) is 51.2 cm³/mol. The van der Waals surface area contributed by atoms with Crippen LogP contribution in [0.4, 0.5) is 0 Å². The highest BCUT2D eigenvalue weighted by Crippen LogP contribution is 1.96. The first-order valence-electron chi connectivity index (χ1n) is 4.49. The van der Waals surface area contributed by atoms with Gasteiger partial charge in [-0.3, -0.25) is 4.90 Å². The molecule has 0 bridgehead atoms. The lowest BCUT2D eigenvalue weighted by molar-refractivity contribution is 0.0434. The Bertz CT molecular complexity index is 148. The molecule has 0 unspecified atom stereocenters. The van der Waals surface area contributed by atoms with Crippen molar-refractivity contribution in [2.75, 3.05) is 32.8 Å². The Morgan fingerprint density at radius 2 is 2.00 bits per heavy atom. The lowest BCUT2D eigenvalue weighted by atomic mass is 10.3. The molecule has 0 aliphatic carbocycles. The molecule has 12 heavy (non-hydrogen) atoms. The van der Waals surface area contributed by atoms with E-state index in [2.05, 4.69) is 23.6 Å². The summed E-state index contributed by atoms with van der Waals surface area (Å²) in [5.41, 5.74) is 0. The Morgan fingerprint density at radius 3 is 2.67 bits per heavy atom. The van der Waals surface area contributed by atoms with E-state index in [1.165, 1.54) is 0 Å². The van der Waals surface area contributed by atoms with Crippen LogP contribution >= 0.6 is 0 Å². The van der Waals surface area contributed by atoms with E-state index in [1.807, 2.05) is 6.08 Å². The highest BCUT2D eigenvalue weighted by molar-refractivity contribution is 4.90. The third-order valence-electron chi connectivity index (χ3n) is 1.94. The van der Waals surface area contributed by atoms with Crippen LogP contribution in [0.1, 0.15) is 6.42 Å². The molecule has 0 radical (unpaired) electrons. The van der Waals surface area contributed by atoms with Gasteiger partial charge >= 0.3 is 0 Å². The van der Waals surface area contributed by atoms with Gasteiger partial charge in [-0.1, -0.05) is 18.2 Å². The van der Waals surface area contributed by atoms with Gasteiger partial charge < -0.3 is 4.74 Å². The van der Waals surface area contributed by atoms with E-state index in [1.54, 1.807) is 0 Å². The second-order valence-corrected chi connectivity index (χ2v) is 2.91. The molecule has 68 valence electrons. The summed E-state index contributed by atoms with van der Waals surface area (Å²) in [7, 11) is 0. The Balaban J connectivity index is 2.08. The van der Waals surface area contributed by atoms with E-state index in [-0.39, 0.29) is 0 Å². The van der Waals surface area contributed by atoms with Crippen molar-refractivity contribution in [2.45, 2.75) is 6.42 Å². The molecule has 0 aromatic heterocycles. The molecule has 0 amide bonds. The third kappa shape index (κ3) is 3.69. The summed E-state index contributed by atoms with van der Waals surface area (Å²) in [6.45, 7) is 8.62. The fourth-order valence-electron chi connectivity index (χ4n) is 1.20. The zero-order chi connectivity index (χ0) is 8.65. The van der Waals surface area contributed by atoms with Crippen molar-refractivity contribution in [3.05, 3.63) is 24.8 Å². The summed E-state index contributed by atoms with van der Waals surface area (Å²) < 4.78 is 5.25. The first-order valence-corrected chi connectivity index (χ1v) is 4.49. The Labute approximate surface area is 74.5 Å². The van der Waals surface area contributed by atoms with Crippen LogP contribution in [0.2, 0.25) is 0 Å². The topological polar surface area (TPSA) is 12.5 Å². The number of nitrogens with zero attached hydrogens (tertiary/aromatic N) is 1. The van der Waals surface area contributed by atoms with Gasteiger partial charge in [-0.15, -0.1) is 6.58 Å². The van der Waals surface area contributed by atoms with Crippen molar-refractivity contribution in [3.8, 4) is 0 Å². The van der Waals surface area contributed by atoms with Crippen LogP contribution in [-0.4, -0.2) is 37.7 Å². The maximum atomic E-state index is 5.25. The fourth-order valence-corrected chi connectivity index (χ4v) is 1.20. The van der Waals surface area contributed by atoms with Crippen LogP contribution in [0, 0.1) is 0 Å². The van der Waals surface area contributed by atoms with Gasteiger partial charge in [-0.05, 0) is 6.42 Å². The third-order valence-corrected chi connectivity index (χ3v) is 1.94. The zero-order valence-corrected chi connectivity index (χ0v) is 7.54. The van der Waals surface area contributed by atoms with Gasteiger partial charge in [-0.25, -0.2) is 0 Å². The van der Waals surface area contributed by atoms with E-state index in [4.69, 9.17) is 4.74 Å². The van der Waals surface area contributed by atoms with E-state index >= 15 is 0 Å². The van der Waals surface area contributed by atoms with Crippen molar-refractivity contribution >= 4 is 0 Å². The smallest absolute Gasteiger partial charge is 0.0594 e. The minimum absolute atomic E-state index is 0.884. The highest BCUT2D eigenvalue weighted by Gasteiger charge is 2.06. The van der Waals surface area contributed by atoms with Crippen LogP contribution in [0.5, 0.6) is 0 Å². The maximum absolute atomic E-state index is 5.25. The Kier molecular flexibility index (Phi) is 4.73. The van der Waals surface area contributed by atoms with E-state index in [0.29, 0.717) is 0 Å². The molecule has 1 aliphatic rings. The summed E-state index contributed by atoms with van der Waals surface area (Å²) in [4.78, 5) is 2.39. The van der Waals surface area contributed by atoms with Gasteiger partial charge in [0.05, 0.1) is 13.2 Å². The van der Waals surface area contributed by atoms with Crippen LogP contribution in [0.3, 0.4) is 0 Å². The van der Waals surface area contributed by atoms with Crippen molar-refractivity contribution in [2.24, 2.45) is 0 Å². The molecule has 1 saturated heterocycles. The molecular weight excluding hydrogens is 150 g/mol. The van der Waals surface area contributed by atoms with E-state index in [0.717, 1.165) is 39.3 Å². The first-order chi connectivity index (χ1) is 5.93. The molecule has 0 aromatic rings. The summed E-state index contributed by atoms with van der Waals surface area (Å²) in [5.74, 6) is 0. The molecule has 0 aromatic carbocycles. The second-order valence-electron chi connectivity index (χ2n) is 2.91. The first kappa shape index (κ1) is 9.49. The van der Waals surface area contributed by atoms with Crippen molar-refractivity contribution in [1.29, 1.82) is 0 Å². The van der Waals surface area contributed by atoms with Crippen molar-refractivity contribution in [1.82, 2.24) is 4.90 Å². The summed E-state index contributed by atoms with van der Waals surface area (Å²) in [6.07, 6.45) is 7.25. The number of rotatable bonds is 4. The zero-order valence-electron chi connectivity index (χ0n) is 7.54. The number of hydrogen-bond donors (Lipinski definition) is 0. The van der Waals surface area contributed by atoms with Gasteiger partial charge in [0.15, 0.2) is 0 Å². The lowest BCUT2D eigenvalue weighted by Gasteiger charge is -2.25. The summed E-state index contributed by atoms with van der Waals surface area (Å²) in [5, 5.41) is 0. The molecule has 1 aliphatic heterocycles. The maximum Gasteiger partial charge on any atom is 0.0594 e. The normalized spacial score (nSPS) is 20.0. The minimum atomic E-state index is 0.884.